The van der Waals surface area contributed by atoms with Crippen LogP contribution in [0.2, 0.25) is 0 Å². The first kappa shape index (κ1) is 22.1. The molecule has 2 unspecified atom stereocenters. The lowest BCUT2D eigenvalue weighted by Gasteiger charge is -2.38. The molecular formula is C26H29N3O3. The van der Waals surface area contributed by atoms with Gasteiger partial charge in [-0.1, -0.05) is 49.2 Å². The van der Waals surface area contributed by atoms with Gasteiger partial charge < -0.3 is 10.0 Å². The van der Waals surface area contributed by atoms with Gasteiger partial charge in [0, 0.05) is 11.8 Å². The van der Waals surface area contributed by atoms with Crippen LogP contribution in [-0.4, -0.2) is 51.7 Å². The molecule has 1 aromatic carbocycles. The Hall–Kier alpha value is -3.12. The van der Waals surface area contributed by atoms with Gasteiger partial charge in [-0.15, -0.1) is 0 Å². The average molecular weight is 432 g/mol. The van der Waals surface area contributed by atoms with Crippen molar-refractivity contribution >= 4 is 23.5 Å². The van der Waals surface area contributed by atoms with Crippen molar-refractivity contribution in [2.75, 3.05) is 6.67 Å². The van der Waals surface area contributed by atoms with Crippen molar-refractivity contribution in [2.45, 2.75) is 57.6 Å². The van der Waals surface area contributed by atoms with E-state index >= 15 is 0 Å². The number of nitrogens with zero attached hydrogens (tertiary/aromatic N) is 3. The first-order chi connectivity index (χ1) is 15.6. The van der Waals surface area contributed by atoms with E-state index in [1.54, 1.807) is 17.2 Å². The zero-order chi connectivity index (χ0) is 22.5. The summed E-state index contributed by atoms with van der Waals surface area (Å²) in [6.07, 6.45) is 8.64. The lowest BCUT2D eigenvalue weighted by molar-refractivity contribution is -0.136. The van der Waals surface area contributed by atoms with Crippen molar-refractivity contribution in [3.8, 4) is 0 Å². The Morgan fingerprint density at radius 2 is 2.00 bits per heavy atom. The number of hydrogen-bond acceptors (Lipinski definition) is 5. The molecule has 2 heterocycles. The van der Waals surface area contributed by atoms with Gasteiger partial charge in [-0.25, -0.2) is 0 Å². The summed E-state index contributed by atoms with van der Waals surface area (Å²) in [5.41, 5.74) is 5.35. The van der Waals surface area contributed by atoms with E-state index in [1.165, 1.54) is 0 Å². The predicted octanol–water partition coefficient (Wildman–Crippen LogP) is 3.82. The van der Waals surface area contributed by atoms with Crippen LogP contribution < -0.4 is 0 Å². The normalized spacial score (nSPS) is 21.9. The van der Waals surface area contributed by atoms with Crippen molar-refractivity contribution < 1.29 is 14.7 Å². The number of amides is 1. The smallest absolute Gasteiger partial charge is 0.230 e. The van der Waals surface area contributed by atoms with Gasteiger partial charge in [0.15, 0.2) is 6.29 Å². The molecule has 32 heavy (non-hydrogen) atoms. The van der Waals surface area contributed by atoms with Crippen LogP contribution in [0.4, 0.5) is 0 Å². The van der Waals surface area contributed by atoms with Crippen LogP contribution in [0.3, 0.4) is 0 Å². The fourth-order valence-corrected chi connectivity index (χ4v) is 4.66. The van der Waals surface area contributed by atoms with Crippen molar-refractivity contribution in [1.82, 2.24) is 9.88 Å². The molecule has 1 N–H and O–H groups in total. The minimum absolute atomic E-state index is 0.0337. The highest BCUT2D eigenvalue weighted by Gasteiger charge is 2.34. The van der Waals surface area contributed by atoms with Crippen LogP contribution in [0.25, 0.3) is 5.57 Å². The molecule has 2 atom stereocenters. The van der Waals surface area contributed by atoms with Gasteiger partial charge in [0.05, 0.1) is 24.3 Å². The highest BCUT2D eigenvalue weighted by Crippen LogP contribution is 2.29. The lowest BCUT2D eigenvalue weighted by atomic mass is 9.89. The molecule has 2 aromatic rings. The second-order valence-corrected chi connectivity index (χ2v) is 8.45. The molecule has 0 saturated heterocycles. The number of carbonyl (C=O) groups is 2. The fourth-order valence-electron chi connectivity index (χ4n) is 4.66. The van der Waals surface area contributed by atoms with E-state index in [2.05, 4.69) is 17.1 Å². The van der Waals surface area contributed by atoms with Crippen molar-refractivity contribution in [2.24, 2.45) is 4.99 Å². The Balaban J connectivity index is 1.57. The summed E-state index contributed by atoms with van der Waals surface area (Å²) >= 11 is 0. The summed E-state index contributed by atoms with van der Waals surface area (Å²) in [4.78, 5) is 34.6. The van der Waals surface area contributed by atoms with Crippen LogP contribution in [0.1, 0.15) is 66.2 Å². The Morgan fingerprint density at radius 3 is 2.69 bits per heavy atom. The van der Waals surface area contributed by atoms with E-state index in [9.17, 15) is 14.7 Å². The predicted molar refractivity (Wildman–Crippen MR) is 125 cm³/mol. The third-order valence-electron chi connectivity index (χ3n) is 6.44. The summed E-state index contributed by atoms with van der Waals surface area (Å²) in [5, 5.41) is 10.4. The number of aliphatic hydroxyl groups excluding tert-OH is 1. The summed E-state index contributed by atoms with van der Waals surface area (Å²) in [5.74, 6) is 0.0337. The molecule has 6 heteroatoms. The standard InChI is InChI=1S/C26H29N3O3/c1-2-19(13-18-11-12-20(16-30)27-15-18)21-7-3-4-8-22(21)23-14-26(32)29(17-28-23)24-9-5-6-10-25(24)31/h2-4,7-8,11-12,15-16,24-25,31H,5-6,9-10,13-14,17H2,1H3. The minimum Gasteiger partial charge on any atom is -0.391 e. The Bertz CT molecular complexity index is 1040. The Kier molecular flexibility index (Phi) is 6.90. The first-order valence-corrected chi connectivity index (χ1v) is 11.3. The summed E-state index contributed by atoms with van der Waals surface area (Å²) in [6.45, 7) is 2.30. The number of aliphatic imine (C=N–C) groups is 1. The van der Waals surface area contributed by atoms with Crippen molar-refractivity contribution in [3.63, 3.8) is 0 Å². The van der Waals surface area contributed by atoms with Gasteiger partial charge in [0.1, 0.15) is 12.4 Å². The van der Waals surface area contributed by atoms with Crippen LogP contribution in [0, 0.1) is 0 Å². The molecule has 1 aliphatic carbocycles. The zero-order valence-corrected chi connectivity index (χ0v) is 18.4. The molecule has 6 nitrogen and oxygen atoms in total. The molecule has 166 valence electrons. The highest BCUT2D eigenvalue weighted by molar-refractivity contribution is 6.13. The number of aromatic nitrogens is 1. The van der Waals surface area contributed by atoms with Crippen LogP contribution in [0.15, 0.2) is 53.7 Å². The fraction of sp³-hybridized carbons (Fsp3) is 0.385. The summed E-state index contributed by atoms with van der Waals surface area (Å²) in [6, 6.07) is 11.6. The minimum atomic E-state index is -0.453. The zero-order valence-electron chi connectivity index (χ0n) is 18.4. The molecule has 0 radical (unpaired) electrons. The third-order valence-corrected chi connectivity index (χ3v) is 6.44. The SMILES string of the molecule is CC=C(Cc1ccc(C=O)nc1)c1ccccc1C1=NCN(C2CCCCC2O)C(=O)C1. The number of aliphatic hydroxyl groups is 1. The van der Waals surface area contributed by atoms with E-state index in [4.69, 9.17) is 4.99 Å². The number of carbonyl (C=O) groups excluding carboxylic acids is 2. The Labute approximate surface area is 188 Å². The molecule has 4 rings (SSSR count). The monoisotopic (exact) mass is 431 g/mol. The van der Waals surface area contributed by atoms with E-state index in [0.29, 0.717) is 18.8 Å². The lowest BCUT2D eigenvalue weighted by Crippen LogP contribution is -2.50. The van der Waals surface area contributed by atoms with Gasteiger partial charge in [-0.3, -0.25) is 19.6 Å². The topological polar surface area (TPSA) is 82.9 Å². The van der Waals surface area contributed by atoms with Crippen LogP contribution >= 0.6 is 0 Å². The van der Waals surface area contributed by atoms with Crippen molar-refractivity contribution in [1.29, 1.82) is 0 Å². The van der Waals surface area contributed by atoms with E-state index in [-0.39, 0.29) is 18.4 Å². The Morgan fingerprint density at radius 1 is 1.19 bits per heavy atom. The number of hydrogen-bond donors (Lipinski definition) is 1. The first-order valence-electron chi connectivity index (χ1n) is 11.3. The number of aldehydes is 1. The molecule has 0 bridgehead atoms. The molecule has 2 aliphatic rings. The van der Waals surface area contributed by atoms with E-state index < -0.39 is 6.10 Å². The average Bonchev–Trinajstić information content (AvgIpc) is 2.83. The second-order valence-electron chi connectivity index (χ2n) is 8.45. The van der Waals surface area contributed by atoms with Crippen LogP contribution in [0.5, 0.6) is 0 Å². The number of benzene rings is 1. The molecule has 1 fully saturated rings. The number of rotatable bonds is 6. The highest BCUT2D eigenvalue weighted by atomic mass is 16.3. The maximum atomic E-state index is 13.0. The van der Waals surface area contributed by atoms with Crippen LogP contribution in [-0.2, 0) is 11.2 Å². The molecule has 1 aromatic heterocycles. The molecule has 1 aliphatic heterocycles. The number of allylic oxidation sites excluding steroid dienone is 2. The molecule has 0 spiro atoms. The van der Waals surface area contributed by atoms with Crippen molar-refractivity contribution in [3.05, 3.63) is 71.1 Å². The van der Waals surface area contributed by atoms with E-state index in [0.717, 1.165) is 59.9 Å². The van der Waals surface area contributed by atoms with Gasteiger partial charge in [-0.2, -0.15) is 0 Å². The third kappa shape index (κ3) is 4.70. The summed E-state index contributed by atoms with van der Waals surface area (Å²) in [7, 11) is 0. The van der Waals surface area contributed by atoms with Gasteiger partial charge >= 0.3 is 0 Å². The molecule has 1 saturated carbocycles. The quantitative estimate of drug-likeness (QED) is 0.705. The molecule has 1 amide bonds. The van der Waals surface area contributed by atoms with Gasteiger partial charge in [0.2, 0.25) is 5.91 Å². The summed E-state index contributed by atoms with van der Waals surface area (Å²) < 4.78 is 0. The second kappa shape index (κ2) is 10.0. The molecular weight excluding hydrogens is 402 g/mol. The van der Waals surface area contributed by atoms with Gasteiger partial charge in [-0.05, 0) is 49.0 Å². The maximum Gasteiger partial charge on any atom is 0.230 e. The van der Waals surface area contributed by atoms with E-state index in [1.807, 2.05) is 31.2 Å². The largest absolute Gasteiger partial charge is 0.391 e. The number of pyridine rings is 1. The maximum absolute atomic E-state index is 13.0. The van der Waals surface area contributed by atoms with Gasteiger partial charge in [0.25, 0.3) is 0 Å².